The van der Waals surface area contributed by atoms with Crippen LogP contribution in [0.25, 0.3) is 0 Å². The van der Waals surface area contributed by atoms with Crippen LogP contribution < -0.4 is 20.1 Å². The highest BCUT2D eigenvalue weighted by molar-refractivity contribution is 5.94. The van der Waals surface area contributed by atoms with E-state index in [0.29, 0.717) is 29.3 Å². The van der Waals surface area contributed by atoms with Gasteiger partial charge in [0.1, 0.15) is 23.7 Å². The number of hydrogen-bond acceptors (Lipinski definition) is 8. The summed E-state index contributed by atoms with van der Waals surface area (Å²) in [7, 11) is 2.84. The van der Waals surface area contributed by atoms with Gasteiger partial charge in [-0.15, -0.1) is 0 Å². The second-order valence-electron chi connectivity index (χ2n) is 6.12. The molecule has 172 valence electrons. The summed E-state index contributed by atoms with van der Waals surface area (Å²) in [6.07, 6.45) is -4.76. The van der Waals surface area contributed by atoms with Crippen molar-refractivity contribution in [1.82, 2.24) is 0 Å². The number of alkyl halides is 3. The predicted molar refractivity (Wildman–Crippen MR) is 106 cm³/mol. The number of carbonyl (C=O) groups excluding carboxylic acids is 2. The summed E-state index contributed by atoms with van der Waals surface area (Å²) in [4.78, 5) is 33.9. The standard InChI is InChI=1S/C19H18F3N3O7/c1-30-12-4-6-14(16(8-12)31-2)24-17(26)10-32-18(27)9-23-13-5-3-11(19(20,21)22)7-15(13)25(28)29/h3-8,23H,9-10H2,1-2H3,(H,24,26). The van der Waals surface area contributed by atoms with E-state index in [-0.39, 0.29) is 5.69 Å². The number of benzene rings is 2. The minimum atomic E-state index is -4.76. The van der Waals surface area contributed by atoms with Gasteiger partial charge in [-0.2, -0.15) is 13.2 Å². The molecule has 0 bridgehead atoms. The van der Waals surface area contributed by atoms with Crippen LogP contribution in [0.1, 0.15) is 5.56 Å². The maximum atomic E-state index is 12.7. The van der Waals surface area contributed by atoms with Gasteiger partial charge < -0.3 is 24.8 Å². The summed E-state index contributed by atoms with van der Waals surface area (Å²) in [5.41, 5.74) is -2.08. The molecule has 0 aliphatic carbocycles. The fraction of sp³-hybridized carbons (Fsp3) is 0.263. The zero-order chi connectivity index (χ0) is 23.9. The number of hydrogen-bond donors (Lipinski definition) is 2. The first-order chi connectivity index (χ1) is 15.0. The van der Waals surface area contributed by atoms with Gasteiger partial charge in [-0.1, -0.05) is 0 Å². The second kappa shape index (κ2) is 10.3. The van der Waals surface area contributed by atoms with Crippen molar-refractivity contribution in [3.63, 3.8) is 0 Å². The Morgan fingerprint density at radius 3 is 2.34 bits per heavy atom. The van der Waals surface area contributed by atoms with Crippen LogP contribution >= 0.6 is 0 Å². The molecule has 0 saturated carbocycles. The molecule has 2 aromatic carbocycles. The minimum absolute atomic E-state index is 0.299. The minimum Gasteiger partial charge on any atom is -0.497 e. The lowest BCUT2D eigenvalue weighted by Gasteiger charge is -2.12. The maximum absolute atomic E-state index is 12.7. The van der Waals surface area contributed by atoms with Crippen molar-refractivity contribution >= 4 is 28.9 Å². The quantitative estimate of drug-likeness (QED) is 0.334. The van der Waals surface area contributed by atoms with Crippen LogP contribution in [0.4, 0.5) is 30.2 Å². The second-order valence-corrected chi connectivity index (χ2v) is 6.12. The van der Waals surface area contributed by atoms with Crippen LogP contribution in [0.2, 0.25) is 0 Å². The molecule has 0 radical (unpaired) electrons. The largest absolute Gasteiger partial charge is 0.497 e. The fourth-order valence-corrected chi connectivity index (χ4v) is 2.46. The van der Waals surface area contributed by atoms with Gasteiger partial charge in [-0.25, -0.2) is 0 Å². The maximum Gasteiger partial charge on any atom is 0.416 e. The summed E-state index contributed by atoms with van der Waals surface area (Å²) in [5.74, 6) is -0.853. The van der Waals surface area contributed by atoms with Crippen LogP contribution in [0.3, 0.4) is 0 Å². The van der Waals surface area contributed by atoms with Crippen LogP contribution in [0.15, 0.2) is 36.4 Å². The highest BCUT2D eigenvalue weighted by Crippen LogP contribution is 2.35. The Kier molecular flexibility index (Phi) is 7.82. The number of ether oxygens (including phenoxy) is 3. The normalized spacial score (nSPS) is 10.8. The molecule has 0 heterocycles. The van der Waals surface area contributed by atoms with Gasteiger partial charge in [0.15, 0.2) is 6.61 Å². The number of nitrogens with one attached hydrogen (secondary N) is 2. The van der Waals surface area contributed by atoms with E-state index in [1.807, 2.05) is 0 Å². The molecule has 2 N–H and O–H groups in total. The molecule has 0 spiro atoms. The number of esters is 1. The molecule has 32 heavy (non-hydrogen) atoms. The molecule has 0 unspecified atom stereocenters. The molecule has 13 heteroatoms. The van der Waals surface area contributed by atoms with Crippen molar-refractivity contribution in [2.24, 2.45) is 0 Å². The van der Waals surface area contributed by atoms with Crippen molar-refractivity contribution in [1.29, 1.82) is 0 Å². The molecule has 1 amide bonds. The third kappa shape index (κ3) is 6.48. The number of methoxy groups -OCH3 is 2. The Morgan fingerprint density at radius 2 is 1.75 bits per heavy atom. The topological polar surface area (TPSA) is 129 Å². The number of rotatable bonds is 9. The van der Waals surface area contributed by atoms with E-state index in [4.69, 9.17) is 14.2 Å². The summed E-state index contributed by atoms with van der Waals surface area (Å²) >= 11 is 0. The van der Waals surface area contributed by atoms with Gasteiger partial charge >= 0.3 is 12.1 Å². The van der Waals surface area contributed by atoms with Crippen LogP contribution in [-0.4, -0.2) is 44.2 Å². The number of halogens is 3. The molecule has 0 aliphatic heterocycles. The molecule has 0 fully saturated rings. The van der Waals surface area contributed by atoms with Crippen molar-refractivity contribution in [2.45, 2.75) is 6.18 Å². The number of carbonyl (C=O) groups is 2. The van der Waals surface area contributed by atoms with E-state index in [9.17, 15) is 32.9 Å². The van der Waals surface area contributed by atoms with E-state index in [2.05, 4.69) is 10.6 Å². The van der Waals surface area contributed by atoms with Crippen molar-refractivity contribution < 1.29 is 41.9 Å². The molecule has 2 aromatic rings. The van der Waals surface area contributed by atoms with Crippen molar-refractivity contribution in [3.05, 3.63) is 52.1 Å². The Labute approximate surface area is 179 Å². The number of nitro groups is 1. The van der Waals surface area contributed by atoms with Crippen molar-refractivity contribution in [2.75, 3.05) is 38.0 Å². The van der Waals surface area contributed by atoms with E-state index in [0.717, 1.165) is 6.07 Å². The highest BCUT2D eigenvalue weighted by Gasteiger charge is 2.33. The molecule has 0 aromatic heterocycles. The van der Waals surface area contributed by atoms with Gasteiger partial charge in [0.2, 0.25) is 0 Å². The fourth-order valence-electron chi connectivity index (χ4n) is 2.46. The zero-order valence-electron chi connectivity index (χ0n) is 16.8. The molecule has 0 saturated heterocycles. The average molecular weight is 457 g/mol. The lowest BCUT2D eigenvalue weighted by molar-refractivity contribution is -0.384. The molecular formula is C19H18F3N3O7. The van der Waals surface area contributed by atoms with Gasteiger partial charge in [0.25, 0.3) is 11.6 Å². The van der Waals surface area contributed by atoms with Crippen LogP contribution in [-0.2, 0) is 20.5 Å². The number of amides is 1. The number of nitrogens with zero attached hydrogens (tertiary/aromatic N) is 1. The smallest absolute Gasteiger partial charge is 0.416 e. The molecule has 0 atom stereocenters. The van der Waals surface area contributed by atoms with E-state index < -0.39 is 47.4 Å². The first kappa shape index (κ1) is 24.2. The highest BCUT2D eigenvalue weighted by atomic mass is 19.4. The zero-order valence-corrected chi connectivity index (χ0v) is 16.8. The summed E-state index contributed by atoms with van der Waals surface area (Å²) in [6, 6.07) is 6.44. The van der Waals surface area contributed by atoms with Crippen LogP contribution in [0, 0.1) is 10.1 Å². The molecule has 10 nitrogen and oxygen atoms in total. The average Bonchev–Trinajstić information content (AvgIpc) is 2.75. The molecule has 2 rings (SSSR count). The van der Waals surface area contributed by atoms with E-state index >= 15 is 0 Å². The third-order valence-electron chi connectivity index (χ3n) is 3.99. The predicted octanol–water partition coefficient (Wildman–Crippen LogP) is 3.22. The summed E-state index contributed by atoms with van der Waals surface area (Å²) in [5, 5.41) is 15.8. The summed E-state index contributed by atoms with van der Waals surface area (Å²) < 4.78 is 53.1. The van der Waals surface area contributed by atoms with Gasteiger partial charge in [0.05, 0.1) is 30.4 Å². The van der Waals surface area contributed by atoms with Crippen LogP contribution in [0.5, 0.6) is 11.5 Å². The Morgan fingerprint density at radius 1 is 1.06 bits per heavy atom. The van der Waals surface area contributed by atoms with E-state index in [1.165, 1.54) is 26.4 Å². The lowest BCUT2D eigenvalue weighted by atomic mass is 10.1. The Bertz CT molecular complexity index is 1010. The molecule has 0 aliphatic rings. The van der Waals surface area contributed by atoms with Gasteiger partial charge in [-0.05, 0) is 24.3 Å². The number of anilines is 2. The Balaban J connectivity index is 1.92. The summed E-state index contributed by atoms with van der Waals surface area (Å²) in [6.45, 7) is -1.30. The third-order valence-corrected chi connectivity index (χ3v) is 3.99. The van der Waals surface area contributed by atoms with Crippen molar-refractivity contribution in [3.8, 4) is 11.5 Å². The Hall–Kier alpha value is -4.03. The number of nitro benzene ring substituents is 1. The first-order valence-corrected chi connectivity index (χ1v) is 8.82. The van der Waals surface area contributed by atoms with E-state index in [1.54, 1.807) is 6.07 Å². The SMILES string of the molecule is COc1ccc(NC(=O)COC(=O)CNc2ccc(C(F)(F)F)cc2[N+](=O)[O-])c(OC)c1. The monoisotopic (exact) mass is 457 g/mol. The van der Waals surface area contributed by atoms with Gasteiger partial charge in [0, 0.05) is 12.1 Å². The van der Waals surface area contributed by atoms with Gasteiger partial charge in [-0.3, -0.25) is 19.7 Å². The first-order valence-electron chi connectivity index (χ1n) is 8.82. The molecular weight excluding hydrogens is 439 g/mol. The lowest BCUT2D eigenvalue weighted by Crippen LogP contribution is -2.24.